The summed E-state index contributed by atoms with van der Waals surface area (Å²) < 4.78 is 0. The molecular formula is C13H21Cl2N3O. The summed E-state index contributed by atoms with van der Waals surface area (Å²) in [5.74, 6) is -0.231. The van der Waals surface area contributed by atoms with Crippen LogP contribution in [0.25, 0.3) is 0 Å². The Bertz CT molecular complexity index is 375. The summed E-state index contributed by atoms with van der Waals surface area (Å²) in [6.07, 6.45) is 0.963. The van der Waals surface area contributed by atoms with Gasteiger partial charge in [-0.25, -0.2) is 0 Å². The molecule has 4 nitrogen and oxygen atoms in total. The van der Waals surface area contributed by atoms with Crippen LogP contribution in [0, 0.1) is 0 Å². The molecule has 6 heteroatoms. The van der Waals surface area contributed by atoms with Crippen molar-refractivity contribution in [2.45, 2.75) is 12.5 Å². The van der Waals surface area contributed by atoms with Crippen LogP contribution in [0.3, 0.4) is 0 Å². The van der Waals surface area contributed by atoms with Crippen molar-refractivity contribution in [3.63, 3.8) is 0 Å². The average Bonchev–Trinajstić information content (AvgIpc) is 2.38. The van der Waals surface area contributed by atoms with Gasteiger partial charge in [0.1, 0.15) is 6.04 Å². The number of nitrogens with two attached hydrogens (primary N) is 1. The Morgan fingerprint density at radius 3 is 2.63 bits per heavy atom. The molecule has 1 amide bonds. The SMILES string of the molecule is Cl.Cl.NC(=O)C1CNCCN1CCc1ccccc1. The van der Waals surface area contributed by atoms with E-state index in [1.54, 1.807) is 0 Å². The van der Waals surface area contributed by atoms with Crippen molar-refractivity contribution in [3.8, 4) is 0 Å². The minimum absolute atomic E-state index is 0. The maximum atomic E-state index is 11.3. The van der Waals surface area contributed by atoms with E-state index in [0.717, 1.165) is 26.1 Å². The molecule has 1 atom stereocenters. The molecule has 1 fully saturated rings. The summed E-state index contributed by atoms with van der Waals surface area (Å²) in [6.45, 7) is 3.38. The van der Waals surface area contributed by atoms with E-state index >= 15 is 0 Å². The fraction of sp³-hybridized carbons (Fsp3) is 0.462. The van der Waals surface area contributed by atoms with Gasteiger partial charge in [0.15, 0.2) is 0 Å². The standard InChI is InChI=1S/C13H19N3O.2ClH/c14-13(17)12-10-15-7-9-16(12)8-6-11-4-2-1-3-5-11;;/h1-5,12,15H,6-10H2,(H2,14,17);2*1H. The molecule has 0 spiro atoms. The summed E-state index contributed by atoms with van der Waals surface area (Å²) in [7, 11) is 0. The highest BCUT2D eigenvalue weighted by atomic mass is 35.5. The van der Waals surface area contributed by atoms with E-state index in [9.17, 15) is 4.79 Å². The predicted octanol–water partition coefficient (Wildman–Crippen LogP) is 0.832. The highest BCUT2D eigenvalue weighted by molar-refractivity contribution is 5.85. The van der Waals surface area contributed by atoms with Crippen molar-refractivity contribution in [3.05, 3.63) is 35.9 Å². The van der Waals surface area contributed by atoms with Crippen molar-refractivity contribution in [2.75, 3.05) is 26.2 Å². The molecule has 19 heavy (non-hydrogen) atoms. The van der Waals surface area contributed by atoms with E-state index in [4.69, 9.17) is 5.73 Å². The lowest BCUT2D eigenvalue weighted by Gasteiger charge is -2.34. The second-order valence-corrected chi connectivity index (χ2v) is 4.39. The molecule has 108 valence electrons. The fourth-order valence-electron chi connectivity index (χ4n) is 2.21. The second kappa shape index (κ2) is 9.15. The maximum Gasteiger partial charge on any atom is 0.236 e. The summed E-state index contributed by atoms with van der Waals surface area (Å²) in [6, 6.07) is 10.2. The quantitative estimate of drug-likeness (QED) is 0.866. The van der Waals surface area contributed by atoms with Crippen molar-refractivity contribution < 1.29 is 4.79 Å². The molecule has 1 heterocycles. The van der Waals surface area contributed by atoms with Crippen molar-refractivity contribution in [1.29, 1.82) is 0 Å². The number of benzene rings is 1. The number of carbonyl (C=O) groups excluding carboxylic acids is 1. The van der Waals surface area contributed by atoms with Gasteiger partial charge < -0.3 is 11.1 Å². The molecule has 0 saturated carbocycles. The van der Waals surface area contributed by atoms with Crippen LogP contribution in [0.4, 0.5) is 0 Å². The van der Waals surface area contributed by atoms with Crippen LogP contribution in [-0.2, 0) is 11.2 Å². The van der Waals surface area contributed by atoms with E-state index in [1.165, 1.54) is 5.56 Å². The molecule has 0 aromatic heterocycles. The Morgan fingerprint density at radius 2 is 2.00 bits per heavy atom. The first kappa shape index (κ1) is 18.2. The van der Waals surface area contributed by atoms with Gasteiger partial charge in [-0.15, -0.1) is 24.8 Å². The predicted molar refractivity (Wildman–Crippen MR) is 82.1 cm³/mol. The summed E-state index contributed by atoms with van der Waals surface area (Å²) >= 11 is 0. The normalized spacial score (nSPS) is 19.1. The molecule has 0 radical (unpaired) electrons. The number of rotatable bonds is 4. The van der Waals surface area contributed by atoms with Crippen LogP contribution in [-0.4, -0.2) is 43.0 Å². The van der Waals surface area contributed by atoms with Gasteiger partial charge in [-0.2, -0.15) is 0 Å². The number of hydrogen-bond donors (Lipinski definition) is 2. The van der Waals surface area contributed by atoms with E-state index in [0.29, 0.717) is 6.54 Å². The van der Waals surface area contributed by atoms with Crippen molar-refractivity contribution >= 4 is 30.7 Å². The lowest BCUT2D eigenvalue weighted by molar-refractivity contribution is -0.123. The average molecular weight is 306 g/mol. The number of halogens is 2. The second-order valence-electron chi connectivity index (χ2n) is 4.39. The zero-order valence-corrected chi connectivity index (χ0v) is 12.4. The zero-order valence-electron chi connectivity index (χ0n) is 10.7. The number of primary amides is 1. The highest BCUT2D eigenvalue weighted by Crippen LogP contribution is 2.06. The monoisotopic (exact) mass is 305 g/mol. The first-order valence-electron chi connectivity index (χ1n) is 6.05. The van der Waals surface area contributed by atoms with Gasteiger partial charge in [0.05, 0.1) is 0 Å². The number of nitrogens with one attached hydrogen (secondary N) is 1. The zero-order chi connectivity index (χ0) is 12.1. The lowest BCUT2D eigenvalue weighted by atomic mass is 10.1. The molecule has 1 saturated heterocycles. The largest absolute Gasteiger partial charge is 0.368 e. The Kier molecular flexibility index (Phi) is 8.76. The van der Waals surface area contributed by atoms with Crippen molar-refractivity contribution in [2.24, 2.45) is 5.73 Å². The van der Waals surface area contributed by atoms with Gasteiger partial charge in [0.25, 0.3) is 0 Å². The van der Waals surface area contributed by atoms with Crippen LogP contribution in [0.1, 0.15) is 5.56 Å². The number of hydrogen-bond acceptors (Lipinski definition) is 3. The smallest absolute Gasteiger partial charge is 0.236 e. The highest BCUT2D eigenvalue weighted by Gasteiger charge is 2.25. The van der Waals surface area contributed by atoms with Crippen molar-refractivity contribution in [1.82, 2.24) is 10.2 Å². The molecule has 3 N–H and O–H groups in total. The van der Waals surface area contributed by atoms with Gasteiger partial charge in [0, 0.05) is 26.2 Å². The Morgan fingerprint density at radius 1 is 1.32 bits per heavy atom. The first-order chi connectivity index (χ1) is 8.27. The third-order valence-electron chi connectivity index (χ3n) is 3.21. The number of nitrogens with zero attached hydrogens (tertiary/aromatic N) is 1. The first-order valence-corrected chi connectivity index (χ1v) is 6.05. The van der Waals surface area contributed by atoms with Gasteiger partial charge in [0.2, 0.25) is 5.91 Å². The van der Waals surface area contributed by atoms with E-state index in [1.807, 2.05) is 18.2 Å². The number of carbonyl (C=O) groups is 1. The molecule has 1 aromatic rings. The fourth-order valence-corrected chi connectivity index (χ4v) is 2.21. The third kappa shape index (κ3) is 5.37. The van der Waals surface area contributed by atoms with Crippen LogP contribution in [0.2, 0.25) is 0 Å². The summed E-state index contributed by atoms with van der Waals surface area (Å²) in [4.78, 5) is 13.5. The van der Waals surface area contributed by atoms with E-state index < -0.39 is 0 Å². The van der Waals surface area contributed by atoms with Gasteiger partial charge in [-0.3, -0.25) is 9.69 Å². The molecule has 1 aliphatic rings. The molecule has 1 unspecified atom stereocenters. The van der Waals surface area contributed by atoms with Crippen LogP contribution >= 0.6 is 24.8 Å². The van der Waals surface area contributed by atoms with E-state index in [2.05, 4.69) is 22.3 Å². The Hall–Kier alpha value is -0.810. The molecule has 2 rings (SSSR count). The van der Waals surface area contributed by atoms with Gasteiger partial charge >= 0.3 is 0 Å². The summed E-state index contributed by atoms with van der Waals surface area (Å²) in [5, 5.41) is 3.20. The topological polar surface area (TPSA) is 58.4 Å². The minimum atomic E-state index is -0.231. The van der Waals surface area contributed by atoms with Gasteiger partial charge in [-0.1, -0.05) is 30.3 Å². The summed E-state index contributed by atoms with van der Waals surface area (Å²) in [5.41, 5.74) is 6.71. The Balaban J connectivity index is 0.00000162. The van der Waals surface area contributed by atoms with E-state index in [-0.39, 0.29) is 36.8 Å². The third-order valence-corrected chi connectivity index (χ3v) is 3.21. The Labute approximate surface area is 126 Å². The number of amides is 1. The van der Waals surface area contributed by atoms with Gasteiger partial charge in [-0.05, 0) is 12.0 Å². The lowest BCUT2D eigenvalue weighted by Crippen LogP contribution is -2.57. The van der Waals surface area contributed by atoms with Crippen LogP contribution in [0.15, 0.2) is 30.3 Å². The molecule has 0 aliphatic carbocycles. The van der Waals surface area contributed by atoms with Crippen LogP contribution in [0.5, 0.6) is 0 Å². The maximum absolute atomic E-state index is 11.3. The van der Waals surface area contributed by atoms with Crippen LogP contribution < -0.4 is 11.1 Å². The molecule has 1 aliphatic heterocycles. The molecular weight excluding hydrogens is 285 g/mol. The number of piperazine rings is 1. The molecule has 1 aromatic carbocycles. The minimum Gasteiger partial charge on any atom is -0.368 e. The molecule has 0 bridgehead atoms.